The Morgan fingerprint density at radius 1 is 1.04 bits per heavy atom. The summed E-state index contributed by atoms with van der Waals surface area (Å²) < 4.78 is 26.3. The number of anilines is 1. The summed E-state index contributed by atoms with van der Waals surface area (Å²) >= 11 is 0. The summed E-state index contributed by atoms with van der Waals surface area (Å²) in [5, 5.41) is 3.14. The van der Waals surface area contributed by atoms with Crippen LogP contribution in [0, 0.1) is 17.6 Å². The van der Waals surface area contributed by atoms with Crippen molar-refractivity contribution in [2.24, 2.45) is 5.92 Å². The second-order valence-corrected chi connectivity index (χ2v) is 7.73. The summed E-state index contributed by atoms with van der Waals surface area (Å²) in [6.07, 6.45) is 3.65. The first-order valence-corrected chi connectivity index (χ1v) is 9.62. The molecule has 1 N–H and O–H groups in total. The Hall–Kier alpha value is -2.43. The van der Waals surface area contributed by atoms with E-state index in [1.54, 1.807) is 24.3 Å². The summed E-state index contributed by atoms with van der Waals surface area (Å²) in [5.41, 5.74) is 1.43. The minimum absolute atomic E-state index is 0.0561. The zero-order valence-electron chi connectivity index (χ0n) is 15.3. The predicted molar refractivity (Wildman–Crippen MR) is 102 cm³/mol. The summed E-state index contributed by atoms with van der Waals surface area (Å²) in [6.45, 7) is 2.41. The molecule has 2 aliphatic rings. The third kappa shape index (κ3) is 3.55. The SMILES string of the molecule is O=C(NCC1CCN(c2ccc(F)cc2)C1)C1(c2ccc(F)cc2)CCC1. The first-order chi connectivity index (χ1) is 13.1. The molecule has 1 aliphatic heterocycles. The van der Waals surface area contributed by atoms with Crippen LogP contribution < -0.4 is 10.2 Å². The van der Waals surface area contributed by atoms with Crippen LogP contribution >= 0.6 is 0 Å². The first kappa shape index (κ1) is 18.0. The van der Waals surface area contributed by atoms with Gasteiger partial charge in [-0.2, -0.15) is 0 Å². The van der Waals surface area contributed by atoms with E-state index >= 15 is 0 Å². The fourth-order valence-corrected chi connectivity index (χ4v) is 4.24. The van der Waals surface area contributed by atoms with Crippen LogP contribution in [0.1, 0.15) is 31.2 Å². The summed E-state index contributed by atoms with van der Waals surface area (Å²) in [5.74, 6) is -0.0706. The number of amides is 1. The number of rotatable bonds is 5. The van der Waals surface area contributed by atoms with Gasteiger partial charge in [-0.3, -0.25) is 4.79 Å². The molecular weight excluding hydrogens is 346 g/mol. The van der Waals surface area contributed by atoms with Crippen molar-refractivity contribution in [2.45, 2.75) is 31.1 Å². The van der Waals surface area contributed by atoms with Crippen molar-refractivity contribution in [2.75, 3.05) is 24.5 Å². The molecule has 5 heteroatoms. The zero-order valence-corrected chi connectivity index (χ0v) is 15.3. The van der Waals surface area contributed by atoms with Crippen LogP contribution in [0.25, 0.3) is 0 Å². The van der Waals surface area contributed by atoms with Gasteiger partial charge in [0.05, 0.1) is 5.41 Å². The highest BCUT2D eigenvalue weighted by atomic mass is 19.1. The molecule has 1 aliphatic carbocycles. The zero-order chi connectivity index (χ0) is 18.9. The molecule has 2 fully saturated rings. The van der Waals surface area contributed by atoms with E-state index in [2.05, 4.69) is 10.2 Å². The molecule has 1 saturated heterocycles. The Morgan fingerprint density at radius 2 is 1.67 bits per heavy atom. The number of hydrogen-bond donors (Lipinski definition) is 1. The quantitative estimate of drug-likeness (QED) is 0.862. The van der Waals surface area contributed by atoms with Crippen LogP contribution in [0.3, 0.4) is 0 Å². The van der Waals surface area contributed by atoms with Gasteiger partial charge in [0.15, 0.2) is 0 Å². The Morgan fingerprint density at radius 3 is 2.26 bits per heavy atom. The van der Waals surface area contributed by atoms with E-state index < -0.39 is 5.41 Å². The molecule has 0 spiro atoms. The lowest BCUT2D eigenvalue weighted by Gasteiger charge is -2.41. The van der Waals surface area contributed by atoms with E-state index in [1.165, 1.54) is 24.3 Å². The van der Waals surface area contributed by atoms with Crippen molar-refractivity contribution in [1.82, 2.24) is 5.32 Å². The van der Waals surface area contributed by atoms with Crippen molar-refractivity contribution in [1.29, 1.82) is 0 Å². The molecule has 0 bridgehead atoms. The highest BCUT2D eigenvalue weighted by molar-refractivity contribution is 5.89. The molecule has 2 aromatic rings. The number of benzene rings is 2. The van der Waals surface area contributed by atoms with Crippen LogP contribution in [0.15, 0.2) is 48.5 Å². The summed E-state index contributed by atoms with van der Waals surface area (Å²) in [7, 11) is 0. The molecule has 4 rings (SSSR count). The van der Waals surface area contributed by atoms with Crippen molar-refractivity contribution in [3.05, 3.63) is 65.7 Å². The molecule has 0 aromatic heterocycles. The maximum Gasteiger partial charge on any atom is 0.230 e. The molecule has 142 valence electrons. The van der Waals surface area contributed by atoms with Gasteiger partial charge >= 0.3 is 0 Å². The average molecular weight is 370 g/mol. The summed E-state index contributed by atoms with van der Waals surface area (Å²) in [6, 6.07) is 12.9. The lowest BCUT2D eigenvalue weighted by Crippen LogP contribution is -2.50. The van der Waals surface area contributed by atoms with Gasteiger partial charge in [0, 0.05) is 25.3 Å². The Bertz CT molecular complexity index is 800. The number of carbonyl (C=O) groups is 1. The molecule has 1 heterocycles. The van der Waals surface area contributed by atoms with Gasteiger partial charge in [-0.25, -0.2) is 8.78 Å². The van der Waals surface area contributed by atoms with Crippen LogP contribution in [0.5, 0.6) is 0 Å². The van der Waals surface area contributed by atoms with Gasteiger partial charge in [-0.05, 0) is 67.1 Å². The van der Waals surface area contributed by atoms with Gasteiger partial charge < -0.3 is 10.2 Å². The molecule has 2 aromatic carbocycles. The fraction of sp³-hybridized carbons (Fsp3) is 0.409. The van der Waals surface area contributed by atoms with Crippen LogP contribution in [0.4, 0.5) is 14.5 Å². The molecule has 1 unspecified atom stereocenters. The van der Waals surface area contributed by atoms with E-state index in [0.29, 0.717) is 12.5 Å². The van der Waals surface area contributed by atoms with Crippen molar-refractivity contribution < 1.29 is 13.6 Å². The number of carbonyl (C=O) groups excluding carboxylic acids is 1. The van der Waals surface area contributed by atoms with Gasteiger partial charge in [0.1, 0.15) is 11.6 Å². The first-order valence-electron chi connectivity index (χ1n) is 9.62. The van der Waals surface area contributed by atoms with Crippen molar-refractivity contribution in [3.8, 4) is 0 Å². The molecule has 1 saturated carbocycles. The molecule has 1 atom stereocenters. The minimum Gasteiger partial charge on any atom is -0.371 e. The third-order valence-electron chi connectivity index (χ3n) is 6.07. The third-order valence-corrected chi connectivity index (χ3v) is 6.07. The van der Waals surface area contributed by atoms with E-state index in [9.17, 15) is 13.6 Å². The maximum absolute atomic E-state index is 13.2. The van der Waals surface area contributed by atoms with E-state index in [4.69, 9.17) is 0 Å². The molecule has 0 radical (unpaired) electrons. The van der Waals surface area contributed by atoms with Gasteiger partial charge in [-0.1, -0.05) is 18.6 Å². The number of hydrogen-bond acceptors (Lipinski definition) is 2. The summed E-state index contributed by atoms with van der Waals surface area (Å²) in [4.78, 5) is 15.1. The van der Waals surface area contributed by atoms with E-state index in [0.717, 1.165) is 50.0 Å². The van der Waals surface area contributed by atoms with Crippen molar-refractivity contribution >= 4 is 11.6 Å². The predicted octanol–water partition coefficient (Wildman–Crippen LogP) is 4.03. The highest BCUT2D eigenvalue weighted by Gasteiger charge is 2.45. The van der Waals surface area contributed by atoms with Crippen LogP contribution in [-0.2, 0) is 10.2 Å². The van der Waals surface area contributed by atoms with Crippen molar-refractivity contribution in [3.63, 3.8) is 0 Å². The lowest BCUT2D eigenvalue weighted by molar-refractivity contribution is -0.130. The monoisotopic (exact) mass is 370 g/mol. The van der Waals surface area contributed by atoms with E-state index in [1.807, 2.05) is 0 Å². The van der Waals surface area contributed by atoms with Crippen LogP contribution in [-0.4, -0.2) is 25.5 Å². The number of nitrogens with one attached hydrogen (secondary N) is 1. The standard InChI is InChI=1S/C22H24F2N2O/c23-18-4-2-17(3-5-18)22(11-1-12-22)21(27)25-14-16-10-13-26(15-16)20-8-6-19(24)7-9-20/h2-9,16H,1,10-15H2,(H,25,27). The number of nitrogens with zero attached hydrogens (tertiary/aromatic N) is 1. The minimum atomic E-state index is -0.497. The Balaban J connectivity index is 1.35. The second-order valence-electron chi connectivity index (χ2n) is 7.73. The molecule has 27 heavy (non-hydrogen) atoms. The van der Waals surface area contributed by atoms with E-state index in [-0.39, 0.29) is 17.5 Å². The normalized spacial score (nSPS) is 21.0. The average Bonchev–Trinajstić information content (AvgIpc) is 3.10. The fourth-order valence-electron chi connectivity index (χ4n) is 4.24. The molecular formula is C22H24F2N2O. The van der Waals surface area contributed by atoms with Crippen LogP contribution in [0.2, 0.25) is 0 Å². The highest BCUT2D eigenvalue weighted by Crippen LogP contribution is 2.44. The van der Waals surface area contributed by atoms with Gasteiger partial charge in [0.25, 0.3) is 0 Å². The molecule has 3 nitrogen and oxygen atoms in total. The number of halogens is 2. The Kier molecular flexibility index (Phi) is 4.85. The largest absolute Gasteiger partial charge is 0.371 e. The van der Waals surface area contributed by atoms with Gasteiger partial charge in [0.2, 0.25) is 5.91 Å². The second kappa shape index (κ2) is 7.29. The maximum atomic E-state index is 13.2. The smallest absolute Gasteiger partial charge is 0.230 e. The van der Waals surface area contributed by atoms with Gasteiger partial charge in [-0.15, -0.1) is 0 Å². The topological polar surface area (TPSA) is 32.3 Å². The molecule has 1 amide bonds. The lowest BCUT2D eigenvalue weighted by atomic mass is 9.64. The Labute approximate surface area is 158 Å².